The zero-order valence-electron chi connectivity index (χ0n) is 9.50. The summed E-state index contributed by atoms with van der Waals surface area (Å²) in [7, 11) is -0.902. The van der Waals surface area contributed by atoms with Gasteiger partial charge in [-0.05, 0) is 24.4 Å². The third-order valence-corrected chi connectivity index (χ3v) is 6.34. The monoisotopic (exact) mass is 212 g/mol. The first-order valence-corrected chi connectivity index (χ1v) is 8.08. The lowest BCUT2D eigenvalue weighted by molar-refractivity contribution is 0.281. The molecule has 1 aliphatic rings. The number of hydrogen-bond acceptors (Lipinski definition) is 1. The van der Waals surface area contributed by atoms with Gasteiger partial charge >= 0.3 is 0 Å². The number of hydrogen-bond donors (Lipinski definition) is 0. The molecule has 1 saturated heterocycles. The fourth-order valence-electron chi connectivity index (χ4n) is 2.19. The number of rotatable bonds is 6. The largest absolute Gasteiger partial charge is 0.419 e. The molecule has 0 aromatic carbocycles. The maximum atomic E-state index is 5.93. The van der Waals surface area contributed by atoms with E-state index in [-0.39, 0.29) is 0 Å². The minimum Gasteiger partial charge on any atom is -0.419 e. The van der Waals surface area contributed by atoms with E-state index in [1.807, 2.05) is 0 Å². The molecule has 1 rings (SSSR count). The van der Waals surface area contributed by atoms with E-state index in [4.69, 9.17) is 4.43 Å². The summed E-state index contributed by atoms with van der Waals surface area (Å²) < 4.78 is 5.93. The Morgan fingerprint density at radius 1 is 1.43 bits per heavy atom. The highest BCUT2D eigenvalue weighted by atomic mass is 28.3. The van der Waals surface area contributed by atoms with Crippen molar-refractivity contribution in [3.8, 4) is 0 Å². The number of allylic oxidation sites excluding steroid dienone is 1. The Morgan fingerprint density at radius 2 is 2.29 bits per heavy atom. The Balaban J connectivity index is 2.24. The normalized spacial score (nSPS) is 24.5. The smallest absolute Gasteiger partial charge is 0.183 e. The summed E-state index contributed by atoms with van der Waals surface area (Å²) in [6, 6.07) is 1.38. The molecule has 0 N–H and O–H groups in total. The molecule has 1 aliphatic heterocycles. The predicted molar refractivity (Wildman–Crippen MR) is 65.2 cm³/mol. The average Bonchev–Trinajstić information content (AvgIpc) is 2.26. The zero-order chi connectivity index (χ0) is 10.2. The first-order chi connectivity index (χ1) is 6.88. The van der Waals surface area contributed by atoms with E-state index >= 15 is 0 Å². The van der Waals surface area contributed by atoms with Gasteiger partial charge < -0.3 is 4.43 Å². The van der Waals surface area contributed by atoms with Gasteiger partial charge in [-0.15, -0.1) is 6.58 Å². The molecule has 2 unspecified atom stereocenters. The Labute approximate surface area is 90.3 Å². The van der Waals surface area contributed by atoms with E-state index in [2.05, 4.69) is 19.6 Å². The molecule has 2 heteroatoms. The maximum absolute atomic E-state index is 5.93. The lowest BCUT2D eigenvalue weighted by Crippen LogP contribution is -2.28. The fourth-order valence-corrected chi connectivity index (χ4v) is 5.10. The average molecular weight is 212 g/mol. The highest BCUT2D eigenvalue weighted by molar-refractivity contribution is 6.54. The summed E-state index contributed by atoms with van der Waals surface area (Å²) in [6.45, 7) is 7.25. The molecule has 1 heterocycles. The van der Waals surface area contributed by atoms with Crippen molar-refractivity contribution in [2.45, 2.75) is 57.0 Å². The molecule has 0 aromatic rings. The molecule has 0 spiro atoms. The van der Waals surface area contributed by atoms with E-state index in [1.54, 1.807) is 0 Å². The van der Waals surface area contributed by atoms with Crippen molar-refractivity contribution in [1.82, 2.24) is 0 Å². The third kappa shape index (κ3) is 3.97. The second kappa shape index (κ2) is 7.24. The van der Waals surface area contributed by atoms with Crippen molar-refractivity contribution in [2.24, 2.45) is 0 Å². The highest BCUT2D eigenvalue weighted by Gasteiger charge is 2.23. The Morgan fingerprint density at radius 3 is 2.86 bits per heavy atom. The fraction of sp³-hybridized carbons (Fsp3) is 0.833. The van der Waals surface area contributed by atoms with Gasteiger partial charge in [-0.2, -0.15) is 0 Å². The molecule has 82 valence electrons. The molecule has 0 amide bonds. The quantitative estimate of drug-likeness (QED) is 0.371. The van der Waals surface area contributed by atoms with Crippen LogP contribution >= 0.6 is 0 Å². The van der Waals surface area contributed by atoms with Gasteiger partial charge in [0.2, 0.25) is 0 Å². The summed E-state index contributed by atoms with van der Waals surface area (Å²) in [6.07, 6.45) is 10.2. The summed E-state index contributed by atoms with van der Waals surface area (Å²) in [5.41, 5.74) is 0.738. The van der Waals surface area contributed by atoms with Gasteiger partial charge in [0, 0.05) is 6.61 Å². The Hall–Kier alpha value is -0.0831. The zero-order valence-corrected chi connectivity index (χ0v) is 10.7. The third-order valence-electron chi connectivity index (χ3n) is 3.14. The molecular weight excluding hydrogens is 188 g/mol. The van der Waals surface area contributed by atoms with E-state index in [0.717, 1.165) is 12.1 Å². The first-order valence-electron chi connectivity index (χ1n) is 6.12. The van der Waals surface area contributed by atoms with Crippen LogP contribution in [0, 0.1) is 0 Å². The summed E-state index contributed by atoms with van der Waals surface area (Å²) >= 11 is 0. The minimum absolute atomic E-state index is 0.738. The van der Waals surface area contributed by atoms with Gasteiger partial charge in [0.15, 0.2) is 9.04 Å². The molecule has 0 aliphatic carbocycles. The summed E-state index contributed by atoms with van der Waals surface area (Å²) in [5, 5.41) is 0. The van der Waals surface area contributed by atoms with Crippen LogP contribution < -0.4 is 0 Å². The predicted octanol–water partition coefficient (Wildman–Crippen LogP) is 3.66. The second-order valence-electron chi connectivity index (χ2n) is 4.30. The van der Waals surface area contributed by atoms with Crippen LogP contribution in [0.2, 0.25) is 11.6 Å². The molecular formula is C12H24OSi. The van der Waals surface area contributed by atoms with Gasteiger partial charge in [-0.25, -0.2) is 0 Å². The second-order valence-corrected chi connectivity index (χ2v) is 7.14. The van der Waals surface area contributed by atoms with E-state index in [9.17, 15) is 0 Å². The van der Waals surface area contributed by atoms with Gasteiger partial charge in [0.1, 0.15) is 0 Å². The number of unbranched alkanes of at least 4 members (excludes halogenated alkanes) is 2. The molecule has 1 fully saturated rings. The van der Waals surface area contributed by atoms with Gasteiger partial charge in [0.25, 0.3) is 0 Å². The molecule has 1 nitrogen and oxygen atoms in total. The highest BCUT2D eigenvalue weighted by Crippen LogP contribution is 2.27. The van der Waals surface area contributed by atoms with Gasteiger partial charge in [-0.3, -0.25) is 0 Å². The van der Waals surface area contributed by atoms with E-state index in [0.29, 0.717) is 0 Å². The lowest BCUT2D eigenvalue weighted by Gasteiger charge is -2.27. The topological polar surface area (TPSA) is 9.23 Å². The lowest BCUT2D eigenvalue weighted by atomic mass is 10.1. The molecule has 2 atom stereocenters. The first kappa shape index (κ1) is 12.0. The van der Waals surface area contributed by atoms with Gasteiger partial charge in [-0.1, -0.05) is 38.7 Å². The molecule has 0 bridgehead atoms. The van der Waals surface area contributed by atoms with Crippen LogP contribution in [0.25, 0.3) is 0 Å². The van der Waals surface area contributed by atoms with Crippen LogP contribution in [0.4, 0.5) is 0 Å². The van der Waals surface area contributed by atoms with Crippen LogP contribution in [0.15, 0.2) is 12.7 Å². The van der Waals surface area contributed by atoms with Crippen molar-refractivity contribution in [2.75, 3.05) is 6.61 Å². The Bertz CT molecular complexity index is 152. The standard InChI is InChI=1S/C12H24OSi/c1-3-5-6-9-12(4-2)14-11-8-7-10-13-14/h4,12,14H,2-3,5-11H2,1H3. The van der Waals surface area contributed by atoms with Crippen molar-refractivity contribution in [3.05, 3.63) is 12.7 Å². The molecule has 0 saturated carbocycles. The van der Waals surface area contributed by atoms with Crippen molar-refractivity contribution in [1.29, 1.82) is 0 Å². The van der Waals surface area contributed by atoms with Crippen LogP contribution in [-0.4, -0.2) is 15.6 Å². The van der Waals surface area contributed by atoms with Crippen LogP contribution in [0.3, 0.4) is 0 Å². The van der Waals surface area contributed by atoms with Crippen LogP contribution in [-0.2, 0) is 4.43 Å². The summed E-state index contributed by atoms with van der Waals surface area (Å²) in [5.74, 6) is 0. The minimum atomic E-state index is -0.902. The molecule has 14 heavy (non-hydrogen) atoms. The van der Waals surface area contributed by atoms with Crippen molar-refractivity contribution < 1.29 is 4.43 Å². The molecule has 0 aromatic heterocycles. The maximum Gasteiger partial charge on any atom is 0.183 e. The molecule has 0 radical (unpaired) electrons. The van der Waals surface area contributed by atoms with Gasteiger partial charge in [0.05, 0.1) is 0 Å². The van der Waals surface area contributed by atoms with E-state index < -0.39 is 9.04 Å². The summed E-state index contributed by atoms with van der Waals surface area (Å²) in [4.78, 5) is 0. The van der Waals surface area contributed by atoms with Crippen LogP contribution in [0.5, 0.6) is 0 Å². The Kier molecular flexibility index (Phi) is 6.20. The van der Waals surface area contributed by atoms with Crippen molar-refractivity contribution >= 4 is 9.04 Å². The van der Waals surface area contributed by atoms with Crippen molar-refractivity contribution in [3.63, 3.8) is 0 Å². The van der Waals surface area contributed by atoms with E-state index in [1.165, 1.54) is 44.6 Å². The van der Waals surface area contributed by atoms with Crippen LogP contribution in [0.1, 0.15) is 45.4 Å². The SMILES string of the molecule is C=CC(CCCCC)[SiH]1CCCCO1.